The SMILES string of the molecule is CCCn1c(SCC(C)=O)nc2sc3c(c2c1=O)CCC3. The highest BCUT2D eigenvalue weighted by Gasteiger charge is 2.23. The molecule has 0 radical (unpaired) electrons. The summed E-state index contributed by atoms with van der Waals surface area (Å²) < 4.78 is 1.75. The Labute approximate surface area is 131 Å². The number of fused-ring (bicyclic) bond motifs is 3. The van der Waals surface area contributed by atoms with E-state index in [0.717, 1.165) is 35.9 Å². The minimum atomic E-state index is 0.0762. The number of thioether (sulfide) groups is 1. The van der Waals surface area contributed by atoms with Crippen LogP contribution in [-0.2, 0) is 24.2 Å². The molecule has 112 valence electrons. The lowest BCUT2D eigenvalue weighted by atomic mass is 10.2. The van der Waals surface area contributed by atoms with Crippen molar-refractivity contribution in [2.24, 2.45) is 0 Å². The maximum atomic E-state index is 12.8. The Morgan fingerprint density at radius 3 is 2.95 bits per heavy atom. The van der Waals surface area contributed by atoms with Crippen LogP contribution in [0, 0.1) is 0 Å². The molecule has 0 bridgehead atoms. The highest BCUT2D eigenvalue weighted by molar-refractivity contribution is 7.99. The van der Waals surface area contributed by atoms with Crippen molar-refractivity contribution < 1.29 is 4.79 Å². The van der Waals surface area contributed by atoms with E-state index in [0.29, 0.717) is 17.5 Å². The summed E-state index contributed by atoms with van der Waals surface area (Å²) in [6.07, 6.45) is 4.09. The molecule has 4 nitrogen and oxygen atoms in total. The number of nitrogens with zero attached hydrogens (tertiary/aromatic N) is 2. The van der Waals surface area contributed by atoms with Crippen molar-refractivity contribution in [2.45, 2.75) is 51.2 Å². The van der Waals surface area contributed by atoms with E-state index in [2.05, 4.69) is 4.98 Å². The van der Waals surface area contributed by atoms with Gasteiger partial charge in [-0.25, -0.2) is 4.98 Å². The minimum Gasteiger partial charge on any atom is -0.299 e. The summed E-state index contributed by atoms with van der Waals surface area (Å²) in [5.41, 5.74) is 1.30. The molecule has 6 heteroatoms. The lowest BCUT2D eigenvalue weighted by Gasteiger charge is -2.10. The van der Waals surface area contributed by atoms with Crippen molar-refractivity contribution in [3.8, 4) is 0 Å². The van der Waals surface area contributed by atoms with Crippen LogP contribution in [0.4, 0.5) is 0 Å². The van der Waals surface area contributed by atoms with E-state index in [1.54, 1.807) is 22.8 Å². The van der Waals surface area contributed by atoms with E-state index in [1.165, 1.54) is 22.2 Å². The van der Waals surface area contributed by atoms with E-state index in [-0.39, 0.29) is 11.3 Å². The molecule has 21 heavy (non-hydrogen) atoms. The average Bonchev–Trinajstić information content (AvgIpc) is 2.99. The summed E-state index contributed by atoms with van der Waals surface area (Å²) in [4.78, 5) is 30.9. The molecule has 0 atom stereocenters. The van der Waals surface area contributed by atoms with Gasteiger partial charge in [0, 0.05) is 11.4 Å². The minimum absolute atomic E-state index is 0.0762. The van der Waals surface area contributed by atoms with Crippen molar-refractivity contribution >= 4 is 39.1 Å². The summed E-state index contributed by atoms with van der Waals surface area (Å²) >= 11 is 3.03. The van der Waals surface area contributed by atoms with Crippen LogP contribution in [-0.4, -0.2) is 21.1 Å². The molecule has 2 aromatic heterocycles. The second-order valence-electron chi connectivity index (χ2n) is 5.38. The van der Waals surface area contributed by atoms with Crippen LogP contribution >= 0.6 is 23.1 Å². The number of aryl methyl sites for hydroxylation is 2. The first-order valence-electron chi connectivity index (χ1n) is 7.29. The first-order valence-corrected chi connectivity index (χ1v) is 9.09. The predicted octanol–water partition coefficient (Wildman–Crippen LogP) is 3.04. The normalized spacial score (nSPS) is 13.8. The van der Waals surface area contributed by atoms with Gasteiger partial charge in [-0.05, 0) is 38.2 Å². The second kappa shape index (κ2) is 5.93. The highest BCUT2D eigenvalue weighted by atomic mass is 32.2. The van der Waals surface area contributed by atoms with Crippen molar-refractivity contribution in [2.75, 3.05) is 5.75 Å². The topological polar surface area (TPSA) is 52.0 Å². The van der Waals surface area contributed by atoms with Crippen molar-refractivity contribution in [3.63, 3.8) is 0 Å². The predicted molar refractivity (Wildman–Crippen MR) is 87.6 cm³/mol. The number of Topliss-reactive ketones (excluding diaryl/α,β-unsaturated/α-hetero) is 1. The molecule has 0 N–H and O–H groups in total. The van der Waals surface area contributed by atoms with Crippen LogP contribution in [0.2, 0.25) is 0 Å². The van der Waals surface area contributed by atoms with Crippen molar-refractivity contribution in [3.05, 3.63) is 20.8 Å². The van der Waals surface area contributed by atoms with E-state index in [1.807, 2.05) is 6.92 Å². The maximum absolute atomic E-state index is 12.8. The Bertz CT molecular complexity index is 761. The Morgan fingerprint density at radius 1 is 1.43 bits per heavy atom. The lowest BCUT2D eigenvalue weighted by molar-refractivity contribution is -0.114. The maximum Gasteiger partial charge on any atom is 0.263 e. The summed E-state index contributed by atoms with van der Waals surface area (Å²) in [5, 5.41) is 1.51. The van der Waals surface area contributed by atoms with Gasteiger partial charge in [0.05, 0.1) is 11.1 Å². The molecule has 3 rings (SSSR count). The van der Waals surface area contributed by atoms with Crippen LogP contribution in [0.15, 0.2) is 9.95 Å². The Balaban J connectivity index is 2.16. The number of carbonyl (C=O) groups is 1. The van der Waals surface area contributed by atoms with Gasteiger partial charge in [0.1, 0.15) is 10.6 Å². The molecule has 0 saturated heterocycles. The van der Waals surface area contributed by atoms with Gasteiger partial charge in [-0.3, -0.25) is 14.2 Å². The number of carbonyl (C=O) groups excluding carboxylic acids is 1. The highest BCUT2D eigenvalue weighted by Crippen LogP contribution is 2.35. The second-order valence-corrected chi connectivity index (χ2v) is 7.41. The molecule has 0 fully saturated rings. The quantitative estimate of drug-likeness (QED) is 0.627. The number of rotatable bonds is 5. The van der Waals surface area contributed by atoms with E-state index in [9.17, 15) is 9.59 Å². The zero-order valence-electron chi connectivity index (χ0n) is 12.3. The zero-order chi connectivity index (χ0) is 15.0. The third-order valence-corrected chi connectivity index (χ3v) is 5.95. The molecule has 2 heterocycles. The average molecular weight is 322 g/mol. The van der Waals surface area contributed by atoms with Crippen LogP contribution in [0.5, 0.6) is 0 Å². The fourth-order valence-corrected chi connectivity index (χ4v) is 4.88. The molecule has 0 unspecified atom stereocenters. The molecule has 0 saturated carbocycles. The van der Waals surface area contributed by atoms with Gasteiger partial charge in [-0.2, -0.15) is 0 Å². The summed E-state index contributed by atoms with van der Waals surface area (Å²) in [6.45, 7) is 4.27. The van der Waals surface area contributed by atoms with Crippen LogP contribution < -0.4 is 5.56 Å². The Morgan fingerprint density at radius 2 is 2.24 bits per heavy atom. The van der Waals surface area contributed by atoms with Gasteiger partial charge < -0.3 is 0 Å². The van der Waals surface area contributed by atoms with Gasteiger partial charge in [0.15, 0.2) is 5.16 Å². The largest absolute Gasteiger partial charge is 0.299 e. The number of thiophene rings is 1. The number of ketones is 1. The smallest absolute Gasteiger partial charge is 0.263 e. The van der Waals surface area contributed by atoms with Crippen LogP contribution in [0.1, 0.15) is 37.1 Å². The fraction of sp³-hybridized carbons (Fsp3) is 0.533. The number of aromatic nitrogens is 2. The van der Waals surface area contributed by atoms with Crippen molar-refractivity contribution in [1.82, 2.24) is 9.55 Å². The third kappa shape index (κ3) is 2.66. The molecular weight excluding hydrogens is 304 g/mol. The first-order chi connectivity index (χ1) is 10.1. The fourth-order valence-electron chi connectivity index (χ4n) is 2.76. The number of hydrogen-bond acceptors (Lipinski definition) is 5. The summed E-state index contributed by atoms with van der Waals surface area (Å²) in [6, 6.07) is 0. The van der Waals surface area contributed by atoms with Gasteiger partial charge >= 0.3 is 0 Å². The van der Waals surface area contributed by atoms with E-state index in [4.69, 9.17) is 0 Å². The van der Waals surface area contributed by atoms with E-state index >= 15 is 0 Å². The Kier molecular flexibility index (Phi) is 4.17. The Hall–Kier alpha value is -1.14. The molecule has 1 aliphatic rings. The van der Waals surface area contributed by atoms with Crippen LogP contribution in [0.3, 0.4) is 0 Å². The lowest BCUT2D eigenvalue weighted by Crippen LogP contribution is -2.23. The first kappa shape index (κ1) is 14.8. The molecule has 0 aliphatic heterocycles. The van der Waals surface area contributed by atoms with Gasteiger partial charge in [-0.1, -0.05) is 18.7 Å². The van der Waals surface area contributed by atoms with Crippen molar-refractivity contribution in [1.29, 1.82) is 0 Å². The zero-order valence-corrected chi connectivity index (χ0v) is 13.9. The third-order valence-electron chi connectivity index (χ3n) is 3.64. The van der Waals surface area contributed by atoms with Gasteiger partial charge in [0.25, 0.3) is 5.56 Å². The summed E-state index contributed by atoms with van der Waals surface area (Å²) in [7, 11) is 0. The van der Waals surface area contributed by atoms with Gasteiger partial charge in [-0.15, -0.1) is 11.3 Å². The van der Waals surface area contributed by atoms with E-state index < -0.39 is 0 Å². The van der Waals surface area contributed by atoms with Crippen LogP contribution in [0.25, 0.3) is 10.2 Å². The molecule has 0 amide bonds. The molecular formula is C15H18N2O2S2. The standard InChI is InChI=1S/C15H18N2O2S2/c1-3-7-17-14(19)12-10-5-4-6-11(10)21-13(12)16-15(17)20-8-9(2)18/h3-8H2,1-2H3. The number of hydrogen-bond donors (Lipinski definition) is 0. The molecule has 0 aromatic carbocycles. The molecule has 0 spiro atoms. The van der Waals surface area contributed by atoms with Gasteiger partial charge in [0.2, 0.25) is 0 Å². The molecule has 1 aliphatic carbocycles. The monoisotopic (exact) mass is 322 g/mol. The molecule has 2 aromatic rings. The summed E-state index contributed by atoms with van der Waals surface area (Å²) in [5.74, 6) is 0.471.